The minimum atomic E-state index is -0.142. The molecule has 1 aromatic carbocycles. The number of hydrogen-bond donors (Lipinski definition) is 0. The topological polar surface area (TPSA) is 29.5 Å². The van der Waals surface area contributed by atoms with Gasteiger partial charge in [-0.2, -0.15) is 0 Å². The molecule has 0 fully saturated rings. The normalized spacial score (nSPS) is 16.8. The van der Waals surface area contributed by atoms with Gasteiger partial charge in [0.25, 0.3) is 0 Å². The van der Waals surface area contributed by atoms with E-state index in [9.17, 15) is 4.79 Å². The molecule has 1 atom stereocenters. The zero-order chi connectivity index (χ0) is 15.7. The van der Waals surface area contributed by atoms with Crippen molar-refractivity contribution in [1.29, 1.82) is 0 Å². The molecule has 0 bridgehead atoms. The van der Waals surface area contributed by atoms with E-state index in [1.165, 1.54) is 10.4 Å². The summed E-state index contributed by atoms with van der Waals surface area (Å²) in [6.45, 7) is 3.16. The van der Waals surface area contributed by atoms with E-state index in [0.29, 0.717) is 24.6 Å². The van der Waals surface area contributed by atoms with Crippen LogP contribution in [0.4, 0.5) is 0 Å². The molecule has 0 radical (unpaired) electrons. The molecule has 1 amide bonds. The number of amides is 1. The molecule has 0 spiro atoms. The van der Waals surface area contributed by atoms with E-state index in [0.717, 1.165) is 11.3 Å². The molecule has 1 aliphatic heterocycles. The zero-order valence-electron chi connectivity index (χ0n) is 12.6. The lowest BCUT2D eigenvalue weighted by molar-refractivity contribution is -0.136. The molecule has 0 N–H and O–H groups in total. The van der Waals surface area contributed by atoms with Crippen molar-refractivity contribution in [3.05, 3.63) is 50.7 Å². The summed E-state index contributed by atoms with van der Waals surface area (Å²) >= 11 is 7.72. The number of aryl methyl sites for hydroxylation is 1. The second-order valence-electron chi connectivity index (χ2n) is 5.69. The van der Waals surface area contributed by atoms with Gasteiger partial charge in [0, 0.05) is 16.9 Å². The second-order valence-corrected chi connectivity index (χ2v) is 7.12. The minimum absolute atomic E-state index is 0.124. The van der Waals surface area contributed by atoms with Crippen molar-refractivity contribution in [3.63, 3.8) is 0 Å². The van der Waals surface area contributed by atoms with E-state index in [-0.39, 0.29) is 11.8 Å². The van der Waals surface area contributed by atoms with Crippen LogP contribution in [0.15, 0.2) is 29.6 Å². The van der Waals surface area contributed by atoms with Crippen molar-refractivity contribution < 1.29 is 9.53 Å². The highest BCUT2D eigenvalue weighted by Crippen LogP contribution is 2.30. The molecule has 116 valence electrons. The van der Waals surface area contributed by atoms with Gasteiger partial charge in [0.05, 0.1) is 12.5 Å². The number of carbonyl (C=O) groups excluding carboxylic acids is 1. The molecule has 22 heavy (non-hydrogen) atoms. The molecule has 2 heterocycles. The van der Waals surface area contributed by atoms with Crippen molar-refractivity contribution in [2.45, 2.75) is 19.9 Å². The number of ether oxygens (including phenoxy) is 1. The third kappa shape index (κ3) is 3.13. The summed E-state index contributed by atoms with van der Waals surface area (Å²) in [6.07, 6.45) is 0.683. The molecule has 0 aliphatic carbocycles. The fraction of sp³-hybridized carbons (Fsp3) is 0.353. The zero-order valence-corrected chi connectivity index (χ0v) is 14.2. The number of carbonyl (C=O) groups is 1. The lowest BCUT2D eigenvalue weighted by Crippen LogP contribution is -2.38. The third-order valence-corrected chi connectivity index (χ3v) is 5.25. The molecular formula is C17H18ClNO2S. The maximum atomic E-state index is 12.6. The quantitative estimate of drug-likeness (QED) is 0.850. The largest absolute Gasteiger partial charge is 0.492 e. The van der Waals surface area contributed by atoms with Crippen LogP contribution in [0, 0.1) is 12.8 Å². The Morgan fingerprint density at radius 3 is 3.00 bits per heavy atom. The molecule has 1 aromatic heterocycles. The molecule has 1 aliphatic rings. The first kappa shape index (κ1) is 15.4. The van der Waals surface area contributed by atoms with Crippen LogP contribution < -0.4 is 4.74 Å². The summed E-state index contributed by atoms with van der Waals surface area (Å²) in [4.78, 5) is 15.7. The maximum absolute atomic E-state index is 12.6. The average Bonchev–Trinajstić information content (AvgIpc) is 2.90. The van der Waals surface area contributed by atoms with Gasteiger partial charge in [0.2, 0.25) is 5.91 Å². The van der Waals surface area contributed by atoms with Crippen molar-refractivity contribution in [2.24, 2.45) is 5.92 Å². The Hall–Kier alpha value is -1.52. The summed E-state index contributed by atoms with van der Waals surface area (Å²) in [5, 5.41) is 2.74. The van der Waals surface area contributed by atoms with E-state index in [1.54, 1.807) is 16.2 Å². The SMILES string of the molecule is Cc1ccsc1CN(C)C(=O)[C@H]1COc2ccc(Cl)cc2C1. The van der Waals surface area contributed by atoms with Crippen LogP contribution >= 0.6 is 22.9 Å². The predicted molar refractivity (Wildman–Crippen MR) is 89.7 cm³/mol. The van der Waals surface area contributed by atoms with Crippen LogP contribution in [-0.4, -0.2) is 24.5 Å². The monoisotopic (exact) mass is 335 g/mol. The van der Waals surface area contributed by atoms with Gasteiger partial charge in [0.1, 0.15) is 12.4 Å². The second kappa shape index (κ2) is 6.31. The highest BCUT2D eigenvalue weighted by atomic mass is 35.5. The van der Waals surface area contributed by atoms with Gasteiger partial charge in [0.15, 0.2) is 0 Å². The molecule has 2 aromatic rings. The first-order valence-electron chi connectivity index (χ1n) is 7.24. The van der Waals surface area contributed by atoms with Crippen molar-refractivity contribution >= 4 is 28.8 Å². The van der Waals surface area contributed by atoms with Gasteiger partial charge in [-0.25, -0.2) is 0 Å². The number of hydrogen-bond acceptors (Lipinski definition) is 3. The number of fused-ring (bicyclic) bond motifs is 1. The van der Waals surface area contributed by atoms with Gasteiger partial charge in [-0.3, -0.25) is 4.79 Å². The summed E-state index contributed by atoms with van der Waals surface area (Å²) in [5.41, 5.74) is 2.25. The molecule has 5 heteroatoms. The first-order valence-corrected chi connectivity index (χ1v) is 8.49. The Morgan fingerprint density at radius 2 is 2.27 bits per heavy atom. The van der Waals surface area contributed by atoms with Crippen molar-refractivity contribution in [3.8, 4) is 5.75 Å². The molecule has 3 nitrogen and oxygen atoms in total. The Labute approximate surface area is 139 Å². The maximum Gasteiger partial charge on any atom is 0.229 e. The van der Waals surface area contributed by atoms with E-state index >= 15 is 0 Å². The van der Waals surface area contributed by atoms with E-state index in [4.69, 9.17) is 16.3 Å². The number of nitrogens with zero attached hydrogens (tertiary/aromatic N) is 1. The molecular weight excluding hydrogens is 318 g/mol. The fourth-order valence-electron chi connectivity index (χ4n) is 2.69. The fourth-order valence-corrected chi connectivity index (χ4v) is 3.85. The van der Waals surface area contributed by atoms with Gasteiger partial charge >= 0.3 is 0 Å². The summed E-state index contributed by atoms with van der Waals surface area (Å²) in [7, 11) is 1.86. The lowest BCUT2D eigenvalue weighted by Gasteiger charge is -2.28. The molecule has 0 unspecified atom stereocenters. The Bertz CT molecular complexity index is 698. The van der Waals surface area contributed by atoms with Crippen LogP contribution in [0.1, 0.15) is 16.0 Å². The number of thiophene rings is 1. The van der Waals surface area contributed by atoms with Crippen LogP contribution in [0.5, 0.6) is 5.75 Å². The van der Waals surface area contributed by atoms with Gasteiger partial charge in [-0.05, 0) is 54.1 Å². The number of rotatable bonds is 3. The Morgan fingerprint density at radius 1 is 1.45 bits per heavy atom. The minimum Gasteiger partial charge on any atom is -0.492 e. The summed E-state index contributed by atoms with van der Waals surface area (Å²) < 4.78 is 5.72. The van der Waals surface area contributed by atoms with Crippen LogP contribution in [-0.2, 0) is 17.8 Å². The van der Waals surface area contributed by atoms with Crippen LogP contribution in [0.3, 0.4) is 0 Å². The predicted octanol–water partition coefficient (Wildman–Crippen LogP) is 3.92. The summed E-state index contributed by atoms with van der Waals surface area (Å²) in [6, 6.07) is 7.66. The third-order valence-electron chi connectivity index (χ3n) is 4.00. The lowest BCUT2D eigenvalue weighted by atomic mass is 9.95. The van der Waals surface area contributed by atoms with Crippen LogP contribution in [0.25, 0.3) is 0 Å². The van der Waals surface area contributed by atoms with Gasteiger partial charge < -0.3 is 9.64 Å². The van der Waals surface area contributed by atoms with Crippen LogP contribution in [0.2, 0.25) is 5.02 Å². The van der Waals surface area contributed by atoms with Gasteiger partial charge in [-0.15, -0.1) is 11.3 Å². The van der Waals surface area contributed by atoms with E-state index < -0.39 is 0 Å². The average molecular weight is 336 g/mol. The van der Waals surface area contributed by atoms with E-state index in [1.807, 2.05) is 25.2 Å². The van der Waals surface area contributed by atoms with Crippen molar-refractivity contribution in [2.75, 3.05) is 13.7 Å². The van der Waals surface area contributed by atoms with E-state index in [2.05, 4.69) is 18.4 Å². The Kier molecular flexibility index (Phi) is 4.41. The number of benzene rings is 1. The molecule has 0 saturated heterocycles. The first-order chi connectivity index (χ1) is 10.5. The highest BCUT2D eigenvalue weighted by Gasteiger charge is 2.28. The number of halogens is 1. The van der Waals surface area contributed by atoms with Gasteiger partial charge in [-0.1, -0.05) is 11.6 Å². The summed E-state index contributed by atoms with van der Waals surface area (Å²) in [5.74, 6) is 0.819. The smallest absolute Gasteiger partial charge is 0.229 e. The molecule has 0 saturated carbocycles. The molecule has 3 rings (SSSR count). The van der Waals surface area contributed by atoms with Crippen molar-refractivity contribution in [1.82, 2.24) is 4.90 Å². The Balaban J connectivity index is 1.69. The standard InChI is InChI=1S/C17H18ClNO2S/c1-11-5-6-22-16(11)9-19(2)17(20)13-7-12-8-14(18)3-4-15(12)21-10-13/h3-6,8,13H,7,9-10H2,1-2H3/t13-/m1/s1. The highest BCUT2D eigenvalue weighted by molar-refractivity contribution is 7.10.